The van der Waals surface area contributed by atoms with Gasteiger partial charge in [-0.2, -0.15) is 0 Å². The normalized spacial score (nSPS) is 31.1. The quantitative estimate of drug-likeness (QED) is 0.694. The molecule has 0 aliphatic carbocycles. The summed E-state index contributed by atoms with van der Waals surface area (Å²) < 4.78 is 5.23. The van der Waals surface area contributed by atoms with E-state index in [9.17, 15) is 0 Å². The van der Waals surface area contributed by atoms with Gasteiger partial charge in [-0.05, 0) is 38.4 Å². The molecule has 0 saturated carbocycles. The van der Waals surface area contributed by atoms with E-state index in [0.29, 0.717) is 5.41 Å². The van der Waals surface area contributed by atoms with Crippen LogP contribution in [-0.4, -0.2) is 39.4 Å². The highest BCUT2D eigenvalue weighted by molar-refractivity contribution is 4.83. The molecule has 0 aromatic rings. The van der Waals surface area contributed by atoms with E-state index < -0.39 is 0 Å². The van der Waals surface area contributed by atoms with Crippen LogP contribution in [0.3, 0.4) is 0 Å². The predicted octanol–water partition coefficient (Wildman–Crippen LogP) is 0.612. The summed E-state index contributed by atoms with van der Waals surface area (Å²) in [6, 6.07) is 0. The minimum Gasteiger partial charge on any atom is -0.380 e. The van der Waals surface area contributed by atoms with Crippen molar-refractivity contribution < 1.29 is 4.74 Å². The fraction of sp³-hybridized carbons (Fsp3) is 1.00. The Hall–Kier alpha value is -0.120. The Kier molecular flexibility index (Phi) is 3.42. The molecule has 0 bridgehead atoms. The second kappa shape index (κ2) is 4.60. The summed E-state index contributed by atoms with van der Waals surface area (Å²) in [6.45, 7) is 8.85. The highest BCUT2D eigenvalue weighted by Crippen LogP contribution is 2.25. The fourth-order valence-electron chi connectivity index (χ4n) is 2.23. The molecule has 1 unspecified atom stereocenters. The van der Waals surface area contributed by atoms with Crippen LogP contribution in [0.15, 0.2) is 0 Å². The summed E-state index contributed by atoms with van der Waals surface area (Å²) >= 11 is 0. The lowest BCUT2D eigenvalue weighted by Crippen LogP contribution is -2.48. The Morgan fingerprint density at radius 1 is 1.50 bits per heavy atom. The average Bonchev–Trinajstić information content (AvgIpc) is 2.17. The van der Waals surface area contributed by atoms with Crippen molar-refractivity contribution in [2.45, 2.75) is 19.8 Å². The second-order valence-electron chi connectivity index (χ2n) is 5.15. The maximum Gasteiger partial charge on any atom is 0.0554 e. The number of piperidine rings is 1. The molecule has 2 heterocycles. The van der Waals surface area contributed by atoms with E-state index in [1.54, 1.807) is 0 Å². The third kappa shape index (κ3) is 2.69. The van der Waals surface area contributed by atoms with Crippen LogP contribution in [0, 0.1) is 11.3 Å². The molecule has 3 heteroatoms. The molecule has 2 aliphatic rings. The van der Waals surface area contributed by atoms with Crippen molar-refractivity contribution in [3.05, 3.63) is 0 Å². The number of nitrogens with one attached hydrogen (secondary N) is 2. The molecule has 3 nitrogen and oxygen atoms in total. The first-order chi connectivity index (χ1) is 6.79. The SMILES string of the molecule is CC1(CNCC2CCCNC2)COC1. The third-order valence-electron chi connectivity index (χ3n) is 3.28. The molecule has 2 N–H and O–H groups in total. The molecule has 2 fully saturated rings. The first-order valence-electron chi connectivity index (χ1n) is 5.78. The summed E-state index contributed by atoms with van der Waals surface area (Å²) in [7, 11) is 0. The fourth-order valence-corrected chi connectivity index (χ4v) is 2.23. The Morgan fingerprint density at radius 2 is 2.36 bits per heavy atom. The zero-order chi connectivity index (χ0) is 9.86. The lowest BCUT2D eigenvalue weighted by Gasteiger charge is -2.38. The van der Waals surface area contributed by atoms with Crippen LogP contribution < -0.4 is 10.6 Å². The standard InChI is InChI=1S/C11H22N2O/c1-11(8-14-9-11)7-13-6-10-3-2-4-12-5-10/h10,12-13H,2-9H2,1H3. The smallest absolute Gasteiger partial charge is 0.0554 e. The Morgan fingerprint density at radius 3 is 2.93 bits per heavy atom. The van der Waals surface area contributed by atoms with Crippen LogP contribution in [-0.2, 0) is 4.74 Å². The minimum atomic E-state index is 0.419. The van der Waals surface area contributed by atoms with Crippen LogP contribution in [0.2, 0.25) is 0 Å². The maximum absolute atomic E-state index is 5.23. The zero-order valence-electron chi connectivity index (χ0n) is 9.14. The van der Waals surface area contributed by atoms with Crippen molar-refractivity contribution in [1.82, 2.24) is 10.6 Å². The third-order valence-corrected chi connectivity index (χ3v) is 3.28. The summed E-state index contributed by atoms with van der Waals surface area (Å²) in [5, 5.41) is 7.02. The lowest BCUT2D eigenvalue weighted by atomic mass is 9.88. The summed E-state index contributed by atoms with van der Waals surface area (Å²) in [6.07, 6.45) is 2.72. The van der Waals surface area contributed by atoms with Crippen molar-refractivity contribution in [1.29, 1.82) is 0 Å². The number of rotatable bonds is 4. The zero-order valence-corrected chi connectivity index (χ0v) is 9.14. The molecule has 2 aliphatic heterocycles. The average molecular weight is 198 g/mol. The summed E-state index contributed by atoms with van der Waals surface area (Å²) in [5.74, 6) is 0.841. The van der Waals surface area contributed by atoms with Crippen molar-refractivity contribution in [3.8, 4) is 0 Å². The van der Waals surface area contributed by atoms with Gasteiger partial charge in [0.15, 0.2) is 0 Å². The summed E-state index contributed by atoms with van der Waals surface area (Å²) in [5.41, 5.74) is 0.419. The molecule has 0 aromatic heterocycles. The van der Waals surface area contributed by atoms with E-state index in [-0.39, 0.29) is 0 Å². The summed E-state index contributed by atoms with van der Waals surface area (Å²) in [4.78, 5) is 0. The maximum atomic E-state index is 5.23. The Balaban J connectivity index is 1.57. The molecule has 0 aromatic carbocycles. The molecule has 1 atom stereocenters. The van der Waals surface area contributed by atoms with Gasteiger partial charge in [-0.15, -0.1) is 0 Å². The lowest BCUT2D eigenvalue weighted by molar-refractivity contribution is -0.0992. The van der Waals surface area contributed by atoms with E-state index in [4.69, 9.17) is 4.74 Å². The van der Waals surface area contributed by atoms with Gasteiger partial charge in [0.25, 0.3) is 0 Å². The molecule has 0 spiro atoms. The van der Waals surface area contributed by atoms with Gasteiger partial charge in [0, 0.05) is 12.0 Å². The van der Waals surface area contributed by atoms with Crippen molar-refractivity contribution >= 4 is 0 Å². The van der Waals surface area contributed by atoms with Gasteiger partial charge < -0.3 is 15.4 Å². The first-order valence-corrected chi connectivity index (χ1v) is 5.78. The van der Waals surface area contributed by atoms with Crippen molar-refractivity contribution in [2.75, 3.05) is 39.4 Å². The van der Waals surface area contributed by atoms with Gasteiger partial charge in [0.05, 0.1) is 13.2 Å². The van der Waals surface area contributed by atoms with E-state index >= 15 is 0 Å². The monoisotopic (exact) mass is 198 g/mol. The molecule has 2 rings (SSSR count). The largest absolute Gasteiger partial charge is 0.380 e. The molecule has 2 saturated heterocycles. The van der Waals surface area contributed by atoms with Gasteiger partial charge in [-0.25, -0.2) is 0 Å². The van der Waals surface area contributed by atoms with Crippen LogP contribution in [0.5, 0.6) is 0 Å². The molecule has 0 amide bonds. The number of ether oxygens (including phenoxy) is 1. The van der Waals surface area contributed by atoms with E-state index in [1.807, 2.05) is 0 Å². The molecular weight excluding hydrogens is 176 g/mol. The van der Waals surface area contributed by atoms with Crippen molar-refractivity contribution in [2.24, 2.45) is 11.3 Å². The van der Waals surface area contributed by atoms with Crippen LogP contribution in [0.4, 0.5) is 0 Å². The van der Waals surface area contributed by atoms with E-state index in [2.05, 4.69) is 17.6 Å². The highest BCUT2D eigenvalue weighted by atomic mass is 16.5. The molecule has 0 radical (unpaired) electrons. The topological polar surface area (TPSA) is 33.3 Å². The van der Waals surface area contributed by atoms with Crippen LogP contribution in [0.25, 0.3) is 0 Å². The van der Waals surface area contributed by atoms with Crippen LogP contribution in [0.1, 0.15) is 19.8 Å². The van der Waals surface area contributed by atoms with Crippen LogP contribution >= 0.6 is 0 Å². The van der Waals surface area contributed by atoms with Gasteiger partial charge in [-0.1, -0.05) is 6.92 Å². The first kappa shape index (κ1) is 10.4. The highest BCUT2D eigenvalue weighted by Gasteiger charge is 2.32. The molecule has 14 heavy (non-hydrogen) atoms. The van der Waals surface area contributed by atoms with Gasteiger partial charge >= 0.3 is 0 Å². The van der Waals surface area contributed by atoms with Crippen molar-refractivity contribution in [3.63, 3.8) is 0 Å². The second-order valence-corrected chi connectivity index (χ2v) is 5.15. The molecular formula is C11H22N2O. The molecule has 82 valence electrons. The van der Waals surface area contributed by atoms with Gasteiger partial charge in [0.1, 0.15) is 0 Å². The van der Waals surface area contributed by atoms with Gasteiger partial charge in [-0.3, -0.25) is 0 Å². The minimum absolute atomic E-state index is 0.419. The van der Waals surface area contributed by atoms with E-state index in [0.717, 1.165) is 25.7 Å². The predicted molar refractivity (Wildman–Crippen MR) is 57.4 cm³/mol. The Labute approximate surface area is 86.6 Å². The number of hydrogen-bond acceptors (Lipinski definition) is 3. The number of hydrogen-bond donors (Lipinski definition) is 2. The van der Waals surface area contributed by atoms with Gasteiger partial charge in [0.2, 0.25) is 0 Å². The van der Waals surface area contributed by atoms with E-state index in [1.165, 1.54) is 32.5 Å². The Bertz CT molecular complexity index is 174.